The van der Waals surface area contributed by atoms with Crippen LogP contribution in [0.2, 0.25) is 0 Å². The minimum Gasteiger partial charge on any atom is -0.508 e. The first-order chi connectivity index (χ1) is 10.6. The first-order valence-corrected chi connectivity index (χ1v) is 6.78. The molecule has 3 aromatic carbocycles. The number of fused-ring (bicyclic) bond motifs is 1. The van der Waals surface area contributed by atoms with Gasteiger partial charge in [0.05, 0.1) is 11.0 Å². The van der Waals surface area contributed by atoms with E-state index in [9.17, 15) is 15.2 Å². The number of halogens is 1. The highest BCUT2D eigenvalue weighted by Gasteiger charge is 2.17. The van der Waals surface area contributed by atoms with Gasteiger partial charge in [0, 0.05) is 17.7 Å². The molecule has 0 radical (unpaired) electrons. The van der Waals surface area contributed by atoms with Gasteiger partial charge in [0.1, 0.15) is 5.75 Å². The molecule has 3 aromatic rings. The quantitative estimate of drug-likeness (QED) is 0.562. The van der Waals surface area contributed by atoms with Crippen LogP contribution in [0.1, 0.15) is 17.2 Å². The summed E-state index contributed by atoms with van der Waals surface area (Å²) in [5.74, 6) is 0.115. The summed E-state index contributed by atoms with van der Waals surface area (Å²) < 4.78 is 0. The molecule has 0 aliphatic rings. The van der Waals surface area contributed by atoms with E-state index >= 15 is 0 Å². The molecule has 0 aliphatic heterocycles. The minimum atomic E-state index is -0.563. The second-order valence-electron chi connectivity index (χ2n) is 5.05. The van der Waals surface area contributed by atoms with E-state index in [0.717, 1.165) is 10.8 Å². The third-order valence-electron chi connectivity index (χ3n) is 3.72. The van der Waals surface area contributed by atoms with Crippen LogP contribution in [0.4, 0.5) is 5.69 Å². The summed E-state index contributed by atoms with van der Waals surface area (Å²) in [7, 11) is 0. The second kappa shape index (κ2) is 6.64. The molecule has 3 N–H and O–H groups in total. The Kier molecular flexibility index (Phi) is 4.83. The van der Waals surface area contributed by atoms with E-state index in [1.165, 1.54) is 12.1 Å². The summed E-state index contributed by atoms with van der Waals surface area (Å²) in [6, 6.07) is 16.6. The normalized spacial score (nSPS) is 11.7. The molecule has 5 nitrogen and oxygen atoms in total. The van der Waals surface area contributed by atoms with Crippen molar-refractivity contribution in [3.63, 3.8) is 0 Å². The molecule has 0 bridgehead atoms. The monoisotopic (exact) mass is 330 g/mol. The van der Waals surface area contributed by atoms with Crippen LogP contribution in [0.15, 0.2) is 60.7 Å². The third kappa shape index (κ3) is 3.11. The van der Waals surface area contributed by atoms with Gasteiger partial charge in [-0.1, -0.05) is 42.5 Å². The fourth-order valence-electron chi connectivity index (χ4n) is 2.58. The Labute approximate surface area is 138 Å². The number of nitro benzene ring substituents is 1. The standard InChI is InChI=1S/C17H14N2O3.ClH/c18-17(12-5-8-13(9-6-12)19(21)22)16-14-4-2-1-3-11(14)7-10-15(16)20;/h1-10,17,20H,18H2;1H. The van der Waals surface area contributed by atoms with Crippen molar-refractivity contribution in [2.24, 2.45) is 5.73 Å². The van der Waals surface area contributed by atoms with Crippen molar-refractivity contribution < 1.29 is 10.0 Å². The number of hydrogen-bond acceptors (Lipinski definition) is 4. The van der Waals surface area contributed by atoms with Crippen LogP contribution >= 0.6 is 12.4 Å². The minimum absolute atomic E-state index is 0. The molecule has 1 atom stereocenters. The number of rotatable bonds is 3. The molecular weight excluding hydrogens is 316 g/mol. The number of nitrogens with zero attached hydrogens (tertiary/aromatic N) is 1. The average Bonchev–Trinajstić information content (AvgIpc) is 2.54. The predicted molar refractivity (Wildman–Crippen MR) is 92.0 cm³/mol. The lowest BCUT2D eigenvalue weighted by Crippen LogP contribution is -2.12. The van der Waals surface area contributed by atoms with Gasteiger partial charge in [-0.2, -0.15) is 0 Å². The molecule has 1 unspecified atom stereocenters. The summed E-state index contributed by atoms with van der Waals surface area (Å²) in [6.45, 7) is 0. The number of phenols is 1. The van der Waals surface area contributed by atoms with Crippen molar-refractivity contribution in [3.8, 4) is 5.75 Å². The number of nitrogens with two attached hydrogens (primary N) is 1. The van der Waals surface area contributed by atoms with Gasteiger partial charge in [0.15, 0.2) is 0 Å². The number of non-ortho nitro benzene ring substituents is 1. The maximum Gasteiger partial charge on any atom is 0.269 e. The molecule has 118 valence electrons. The lowest BCUT2D eigenvalue weighted by molar-refractivity contribution is -0.384. The zero-order valence-electron chi connectivity index (χ0n) is 12.0. The molecule has 23 heavy (non-hydrogen) atoms. The van der Waals surface area contributed by atoms with Crippen LogP contribution in [0.3, 0.4) is 0 Å². The van der Waals surface area contributed by atoms with E-state index in [0.29, 0.717) is 11.1 Å². The average molecular weight is 331 g/mol. The zero-order valence-corrected chi connectivity index (χ0v) is 12.9. The maximum absolute atomic E-state index is 10.7. The Morgan fingerprint density at radius 3 is 2.30 bits per heavy atom. The van der Waals surface area contributed by atoms with E-state index in [1.54, 1.807) is 18.2 Å². The third-order valence-corrected chi connectivity index (χ3v) is 3.72. The first kappa shape index (κ1) is 16.7. The van der Waals surface area contributed by atoms with E-state index < -0.39 is 11.0 Å². The van der Waals surface area contributed by atoms with Gasteiger partial charge in [-0.15, -0.1) is 12.4 Å². The van der Waals surface area contributed by atoms with Gasteiger partial charge in [-0.05, 0) is 22.4 Å². The van der Waals surface area contributed by atoms with Crippen molar-refractivity contribution in [1.29, 1.82) is 0 Å². The van der Waals surface area contributed by atoms with Gasteiger partial charge in [0.25, 0.3) is 5.69 Å². The van der Waals surface area contributed by atoms with Gasteiger partial charge in [-0.3, -0.25) is 10.1 Å². The van der Waals surface area contributed by atoms with Crippen LogP contribution in [-0.4, -0.2) is 10.0 Å². The summed E-state index contributed by atoms with van der Waals surface area (Å²) in [4.78, 5) is 10.3. The lowest BCUT2D eigenvalue weighted by atomic mass is 9.93. The number of hydrogen-bond donors (Lipinski definition) is 2. The molecule has 0 spiro atoms. The Morgan fingerprint density at radius 2 is 1.65 bits per heavy atom. The SMILES string of the molecule is Cl.NC(c1ccc([N+](=O)[O-])cc1)c1c(O)ccc2ccccc12. The highest BCUT2D eigenvalue weighted by molar-refractivity contribution is 5.88. The highest BCUT2D eigenvalue weighted by atomic mass is 35.5. The maximum atomic E-state index is 10.7. The number of phenolic OH excluding ortho intramolecular Hbond substituents is 1. The topological polar surface area (TPSA) is 89.4 Å². The molecule has 0 saturated heterocycles. The fourth-order valence-corrected chi connectivity index (χ4v) is 2.58. The number of nitro groups is 1. The largest absolute Gasteiger partial charge is 0.508 e. The van der Waals surface area contributed by atoms with Gasteiger partial charge in [-0.25, -0.2) is 0 Å². The van der Waals surface area contributed by atoms with Crippen LogP contribution in [-0.2, 0) is 0 Å². The Balaban J connectivity index is 0.00000192. The van der Waals surface area contributed by atoms with Crippen molar-refractivity contribution in [2.45, 2.75) is 6.04 Å². The van der Waals surface area contributed by atoms with Crippen LogP contribution in [0.25, 0.3) is 10.8 Å². The van der Waals surface area contributed by atoms with Crippen molar-refractivity contribution in [2.75, 3.05) is 0 Å². The van der Waals surface area contributed by atoms with Crippen LogP contribution < -0.4 is 5.73 Å². The molecular formula is C17H15ClN2O3. The van der Waals surface area contributed by atoms with E-state index in [1.807, 2.05) is 30.3 Å². The first-order valence-electron chi connectivity index (χ1n) is 6.78. The van der Waals surface area contributed by atoms with Crippen molar-refractivity contribution >= 4 is 28.9 Å². The Hall–Kier alpha value is -2.63. The molecule has 0 saturated carbocycles. The van der Waals surface area contributed by atoms with Gasteiger partial charge in [0.2, 0.25) is 0 Å². The summed E-state index contributed by atoms with van der Waals surface area (Å²) in [5, 5.41) is 22.8. The summed E-state index contributed by atoms with van der Waals surface area (Å²) >= 11 is 0. The van der Waals surface area contributed by atoms with Crippen LogP contribution in [0.5, 0.6) is 5.75 Å². The van der Waals surface area contributed by atoms with E-state index in [2.05, 4.69) is 0 Å². The molecule has 0 aliphatic carbocycles. The molecule has 0 amide bonds. The number of aromatic hydroxyl groups is 1. The smallest absolute Gasteiger partial charge is 0.269 e. The second-order valence-corrected chi connectivity index (χ2v) is 5.05. The summed E-state index contributed by atoms with van der Waals surface area (Å²) in [5.41, 5.74) is 7.62. The Morgan fingerprint density at radius 1 is 1.00 bits per heavy atom. The molecule has 0 aromatic heterocycles. The van der Waals surface area contributed by atoms with E-state index in [-0.39, 0.29) is 23.8 Å². The highest BCUT2D eigenvalue weighted by Crippen LogP contribution is 2.34. The molecule has 3 rings (SSSR count). The molecule has 0 heterocycles. The van der Waals surface area contributed by atoms with Crippen molar-refractivity contribution in [3.05, 3.63) is 81.9 Å². The van der Waals surface area contributed by atoms with Gasteiger partial charge >= 0.3 is 0 Å². The molecule has 6 heteroatoms. The summed E-state index contributed by atoms with van der Waals surface area (Å²) in [6.07, 6.45) is 0. The lowest BCUT2D eigenvalue weighted by Gasteiger charge is -2.16. The zero-order chi connectivity index (χ0) is 15.7. The van der Waals surface area contributed by atoms with E-state index in [4.69, 9.17) is 5.73 Å². The van der Waals surface area contributed by atoms with Crippen LogP contribution in [0, 0.1) is 10.1 Å². The Bertz CT molecular complexity index is 850. The predicted octanol–water partition coefficient (Wildman–Crippen LogP) is 3.92. The fraction of sp³-hybridized carbons (Fsp3) is 0.0588. The number of benzene rings is 3. The molecule has 0 fully saturated rings. The van der Waals surface area contributed by atoms with Gasteiger partial charge < -0.3 is 10.8 Å². The van der Waals surface area contributed by atoms with Crippen molar-refractivity contribution in [1.82, 2.24) is 0 Å².